The smallest absolute Gasteiger partial charge is 0.232 e. The molecule has 2 aromatic heterocycles. The van der Waals surface area contributed by atoms with Gasteiger partial charge in [0, 0.05) is 6.20 Å². The van der Waals surface area contributed by atoms with Crippen molar-refractivity contribution in [2.75, 3.05) is 0 Å². The van der Waals surface area contributed by atoms with E-state index >= 15 is 0 Å². The molecule has 0 radical (unpaired) electrons. The van der Waals surface area contributed by atoms with Crippen molar-refractivity contribution in [3.8, 4) is 0 Å². The van der Waals surface area contributed by atoms with Gasteiger partial charge >= 0.3 is 0 Å². The first-order valence-electron chi connectivity index (χ1n) is 5.12. The van der Waals surface area contributed by atoms with Crippen LogP contribution in [-0.4, -0.2) is 15.9 Å². The van der Waals surface area contributed by atoms with Gasteiger partial charge in [-0.2, -0.15) is 4.39 Å². The molecule has 1 atom stereocenters. The third-order valence-corrected chi connectivity index (χ3v) is 2.98. The first-order chi connectivity index (χ1) is 8.59. The Morgan fingerprint density at radius 1 is 1.28 bits per heavy atom. The van der Waals surface area contributed by atoms with Crippen molar-refractivity contribution in [2.45, 2.75) is 5.92 Å². The maximum absolute atomic E-state index is 13.4. The zero-order chi connectivity index (χ0) is 13.1. The minimum atomic E-state index is -0.853. The average Bonchev–Trinajstić information content (AvgIpc) is 2.35. The van der Waals surface area contributed by atoms with Crippen LogP contribution in [0, 0.1) is 5.95 Å². The van der Waals surface area contributed by atoms with Crippen molar-refractivity contribution < 1.29 is 9.18 Å². The van der Waals surface area contributed by atoms with Crippen molar-refractivity contribution in [1.82, 2.24) is 9.97 Å². The molecule has 2 N–H and O–H groups in total. The van der Waals surface area contributed by atoms with Crippen LogP contribution in [0.2, 0.25) is 0 Å². The number of hydrogen-bond donors (Lipinski definition) is 1. The predicted octanol–water partition coefficient (Wildman–Crippen LogP) is 2.00. The molecule has 2 heterocycles. The summed E-state index contributed by atoms with van der Waals surface area (Å²) in [5, 5.41) is 0. The van der Waals surface area contributed by atoms with Crippen LogP contribution in [0.15, 0.2) is 41.0 Å². The van der Waals surface area contributed by atoms with Crippen molar-refractivity contribution in [2.24, 2.45) is 5.73 Å². The van der Waals surface area contributed by atoms with E-state index < -0.39 is 17.8 Å². The van der Waals surface area contributed by atoms with Gasteiger partial charge in [-0.05, 0) is 40.2 Å². The minimum Gasteiger partial charge on any atom is -0.369 e. The molecular weight excluding hydrogens is 301 g/mol. The number of nitrogens with two attached hydrogens (primary N) is 1. The average molecular weight is 310 g/mol. The van der Waals surface area contributed by atoms with Crippen molar-refractivity contribution in [1.29, 1.82) is 0 Å². The van der Waals surface area contributed by atoms with Gasteiger partial charge in [0.15, 0.2) is 0 Å². The molecule has 4 nitrogen and oxygen atoms in total. The number of primary amides is 1. The number of hydrogen-bond acceptors (Lipinski definition) is 3. The molecule has 6 heteroatoms. The normalized spacial score (nSPS) is 12.1. The Kier molecular flexibility index (Phi) is 3.66. The third kappa shape index (κ3) is 2.53. The summed E-state index contributed by atoms with van der Waals surface area (Å²) in [6, 6.07) is 8.12. The fourth-order valence-electron chi connectivity index (χ4n) is 1.58. The summed E-state index contributed by atoms with van der Waals surface area (Å²) in [4.78, 5) is 19.3. The lowest BCUT2D eigenvalue weighted by Gasteiger charge is -2.12. The van der Waals surface area contributed by atoms with Crippen LogP contribution in [0.5, 0.6) is 0 Å². The highest BCUT2D eigenvalue weighted by Gasteiger charge is 2.23. The van der Waals surface area contributed by atoms with Gasteiger partial charge in [0.05, 0.1) is 15.9 Å². The number of rotatable bonds is 3. The molecule has 0 saturated heterocycles. The minimum absolute atomic E-state index is 0.232. The molecule has 1 unspecified atom stereocenters. The molecule has 92 valence electrons. The summed E-state index contributed by atoms with van der Waals surface area (Å²) in [7, 11) is 0. The second-order valence-corrected chi connectivity index (χ2v) is 4.45. The maximum atomic E-state index is 13.4. The number of carbonyl (C=O) groups excluding carboxylic acids is 1. The van der Waals surface area contributed by atoms with E-state index in [0.717, 1.165) is 0 Å². The van der Waals surface area contributed by atoms with Gasteiger partial charge in [0.2, 0.25) is 11.9 Å². The van der Waals surface area contributed by atoms with E-state index in [1.165, 1.54) is 12.1 Å². The molecule has 0 aliphatic rings. The highest BCUT2D eigenvalue weighted by Crippen LogP contribution is 2.23. The zero-order valence-electron chi connectivity index (χ0n) is 9.18. The van der Waals surface area contributed by atoms with Crippen LogP contribution in [-0.2, 0) is 4.79 Å². The summed E-state index contributed by atoms with van der Waals surface area (Å²) in [6.45, 7) is 0. The van der Waals surface area contributed by atoms with Gasteiger partial charge in [-0.15, -0.1) is 0 Å². The van der Waals surface area contributed by atoms with Crippen LogP contribution in [0.4, 0.5) is 4.39 Å². The van der Waals surface area contributed by atoms with Gasteiger partial charge < -0.3 is 5.73 Å². The standard InChI is InChI=1S/C12H9BrFN3O/c13-7-4-5-9(17-11(7)14)10(12(15)18)8-3-1-2-6-16-8/h1-6,10H,(H2,15,18). The quantitative estimate of drug-likeness (QED) is 0.882. The molecular formula is C12H9BrFN3O. The highest BCUT2D eigenvalue weighted by atomic mass is 79.9. The lowest BCUT2D eigenvalue weighted by molar-refractivity contribution is -0.118. The first kappa shape index (κ1) is 12.6. The molecule has 0 bridgehead atoms. The molecule has 0 aromatic carbocycles. The number of nitrogens with zero attached hydrogens (tertiary/aromatic N) is 2. The molecule has 1 amide bonds. The van der Waals surface area contributed by atoms with Crippen LogP contribution in [0.3, 0.4) is 0 Å². The number of aromatic nitrogens is 2. The molecule has 0 aliphatic heterocycles. The second-order valence-electron chi connectivity index (χ2n) is 3.60. The molecule has 2 aromatic rings. The van der Waals surface area contributed by atoms with Gasteiger partial charge in [-0.1, -0.05) is 6.07 Å². The number of amides is 1. The Balaban J connectivity index is 2.49. The number of halogens is 2. The molecule has 0 saturated carbocycles. The van der Waals surface area contributed by atoms with E-state index in [0.29, 0.717) is 5.69 Å². The van der Waals surface area contributed by atoms with Gasteiger partial charge in [0.1, 0.15) is 5.92 Å². The topological polar surface area (TPSA) is 68.9 Å². The third-order valence-electron chi connectivity index (χ3n) is 2.39. The first-order valence-corrected chi connectivity index (χ1v) is 5.91. The lowest BCUT2D eigenvalue weighted by atomic mass is 9.99. The molecule has 0 fully saturated rings. The van der Waals surface area contributed by atoms with E-state index in [2.05, 4.69) is 25.9 Å². The molecule has 18 heavy (non-hydrogen) atoms. The Morgan fingerprint density at radius 2 is 2.06 bits per heavy atom. The number of pyridine rings is 2. The number of carbonyl (C=O) groups is 1. The Bertz CT molecular complexity index is 577. The molecule has 2 rings (SSSR count). The molecule has 0 aliphatic carbocycles. The van der Waals surface area contributed by atoms with Gasteiger partial charge in [0.25, 0.3) is 0 Å². The van der Waals surface area contributed by atoms with Crippen molar-refractivity contribution in [3.63, 3.8) is 0 Å². The van der Waals surface area contributed by atoms with Crippen LogP contribution >= 0.6 is 15.9 Å². The van der Waals surface area contributed by atoms with E-state index in [1.807, 2.05) is 0 Å². The van der Waals surface area contributed by atoms with Gasteiger partial charge in [-0.25, -0.2) is 4.98 Å². The summed E-state index contributed by atoms with van der Waals surface area (Å²) in [5.41, 5.74) is 6.02. The second kappa shape index (κ2) is 5.22. The fraction of sp³-hybridized carbons (Fsp3) is 0.0833. The maximum Gasteiger partial charge on any atom is 0.232 e. The Hall–Kier alpha value is -1.82. The zero-order valence-corrected chi connectivity index (χ0v) is 10.8. The predicted molar refractivity (Wildman–Crippen MR) is 67.2 cm³/mol. The summed E-state index contributed by atoms with van der Waals surface area (Å²) in [6.07, 6.45) is 1.54. The van der Waals surface area contributed by atoms with Crippen molar-refractivity contribution in [3.05, 3.63) is 58.3 Å². The Morgan fingerprint density at radius 3 is 2.61 bits per heavy atom. The van der Waals surface area contributed by atoms with Gasteiger partial charge in [-0.3, -0.25) is 9.78 Å². The molecule has 0 spiro atoms. The Labute approximate surface area is 111 Å². The largest absolute Gasteiger partial charge is 0.369 e. The highest BCUT2D eigenvalue weighted by molar-refractivity contribution is 9.10. The van der Waals surface area contributed by atoms with E-state index in [9.17, 15) is 9.18 Å². The monoisotopic (exact) mass is 309 g/mol. The van der Waals surface area contributed by atoms with E-state index in [4.69, 9.17) is 5.73 Å². The van der Waals surface area contributed by atoms with Crippen LogP contribution < -0.4 is 5.73 Å². The summed E-state index contributed by atoms with van der Waals surface area (Å²) in [5.74, 6) is -2.16. The SMILES string of the molecule is NC(=O)C(c1ccccn1)c1ccc(Br)c(F)n1. The van der Waals surface area contributed by atoms with Crippen LogP contribution in [0.1, 0.15) is 17.3 Å². The van der Waals surface area contributed by atoms with Crippen molar-refractivity contribution >= 4 is 21.8 Å². The lowest BCUT2D eigenvalue weighted by Crippen LogP contribution is -2.24. The van der Waals surface area contributed by atoms with Crippen LogP contribution in [0.25, 0.3) is 0 Å². The van der Waals surface area contributed by atoms with E-state index in [1.54, 1.807) is 24.4 Å². The summed E-state index contributed by atoms with van der Waals surface area (Å²) >= 11 is 3.00. The fourth-order valence-corrected chi connectivity index (χ4v) is 1.80. The summed E-state index contributed by atoms with van der Waals surface area (Å²) < 4.78 is 13.6. The van der Waals surface area contributed by atoms with E-state index in [-0.39, 0.29) is 10.2 Å².